The molecule has 0 unspecified atom stereocenters. The summed E-state index contributed by atoms with van der Waals surface area (Å²) >= 11 is 0. The largest absolute Gasteiger partial charge is 0.295 e. The highest BCUT2D eigenvalue weighted by molar-refractivity contribution is 5.37. The number of aromatic nitrogens is 1. The first-order valence-electron chi connectivity index (χ1n) is 6.30. The van der Waals surface area contributed by atoms with Crippen molar-refractivity contribution in [1.82, 2.24) is 9.88 Å². The van der Waals surface area contributed by atoms with Crippen molar-refractivity contribution in [3.8, 4) is 6.07 Å². The van der Waals surface area contributed by atoms with Gasteiger partial charge in [0.15, 0.2) is 0 Å². The second-order valence-corrected chi connectivity index (χ2v) is 4.64. The van der Waals surface area contributed by atoms with Crippen LogP contribution < -0.4 is 0 Å². The lowest BCUT2D eigenvalue weighted by atomic mass is 10.1. The number of pyridine rings is 1. The van der Waals surface area contributed by atoms with Gasteiger partial charge in [0.25, 0.3) is 0 Å². The maximum atomic E-state index is 9.11. The summed E-state index contributed by atoms with van der Waals surface area (Å²) in [6.45, 7) is 2.91. The first-order chi connectivity index (χ1) is 9.22. The van der Waals surface area contributed by atoms with E-state index >= 15 is 0 Å². The molecule has 0 aliphatic carbocycles. The topological polar surface area (TPSA) is 39.9 Å². The Morgan fingerprint density at radius 2 is 1.89 bits per heavy atom. The molecule has 1 heterocycles. The normalized spacial score (nSPS) is 12.1. The van der Waals surface area contributed by atoms with Crippen LogP contribution in [0.1, 0.15) is 29.7 Å². The average Bonchev–Trinajstić information content (AvgIpc) is 2.48. The van der Waals surface area contributed by atoms with Crippen LogP contribution in [0.25, 0.3) is 0 Å². The highest BCUT2D eigenvalue weighted by Gasteiger charge is 2.13. The van der Waals surface area contributed by atoms with Crippen LogP contribution in [0.15, 0.2) is 48.8 Å². The SMILES string of the molecule is C[C@H](c1ccncc1)N(C)Cc1ccccc1C#N. The van der Waals surface area contributed by atoms with E-state index in [9.17, 15) is 0 Å². The minimum absolute atomic E-state index is 0.287. The number of benzene rings is 1. The fourth-order valence-corrected chi connectivity index (χ4v) is 2.07. The van der Waals surface area contributed by atoms with E-state index in [1.165, 1.54) is 5.56 Å². The summed E-state index contributed by atoms with van der Waals surface area (Å²) in [5.41, 5.74) is 3.04. The zero-order valence-corrected chi connectivity index (χ0v) is 11.2. The molecular weight excluding hydrogens is 234 g/mol. The molecule has 3 nitrogen and oxygen atoms in total. The molecule has 2 aromatic rings. The van der Waals surface area contributed by atoms with Crippen LogP contribution in [0, 0.1) is 11.3 Å². The molecule has 3 heteroatoms. The monoisotopic (exact) mass is 251 g/mol. The molecule has 2 rings (SSSR count). The standard InChI is InChI=1S/C16H17N3/c1-13(14-7-9-18-10-8-14)19(2)12-16-6-4-3-5-15(16)11-17/h3-10,13H,12H2,1-2H3/t13-/m1/s1. The van der Waals surface area contributed by atoms with Gasteiger partial charge in [-0.05, 0) is 43.3 Å². The van der Waals surface area contributed by atoms with E-state index in [0.29, 0.717) is 0 Å². The molecule has 1 aromatic heterocycles. The first-order valence-corrected chi connectivity index (χ1v) is 6.30. The van der Waals surface area contributed by atoms with Crippen LogP contribution in [0.4, 0.5) is 0 Å². The second-order valence-electron chi connectivity index (χ2n) is 4.64. The number of hydrogen-bond donors (Lipinski definition) is 0. The van der Waals surface area contributed by atoms with Crippen LogP contribution in [0.3, 0.4) is 0 Å². The quantitative estimate of drug-likeness (QED) is 0.838. The zero-order chi connectivity index (χ0) is 13.7. The molecule has 0 fully saturated rings. The Morgan fingerprint density at radius 1 is 1.21 bits per heavy atom. The molecular formula is C16H17N3. The smallest absolute Gasteiger partial charge is 0.0995 e. The van der Waals surface area contributed by atoms with Gasteiger partial charge < -0.3 is 0 Å². The van der Waals surface area contributed by atoms with Gasteiger partial charge in [0, 0.05) is 25.0 Å². The molecule has 0 aliphatic rings. The van der Waals surface area contributed by atoms with E-state index in [2.05, 4.69) is 29.9 Å². The van der Waals surface area contributed by atoms with Crippen LogP contribution in [-0.2, 0) is 6.54 Å². The van der Waals surface area contributed by atoms with Crippen molar-refractivity contribution in [2.24, 2.45) is 0 Å². The van der Waals surface area contributed by atoms with Gasteiger partial charge >= 0.3 is 0 Å². The molecule has 0 bridgehead atoms. The lowest BCUT2D eigenvalue weighted by Gasteiger charge is -2.25. The van der Waals surface area contributed by atoms with E-state index in [1.54, 1.807) is 0 Å². The minimum atomic E-state index is 0.287. The molecule has 96 valence electrons. The summed E-state index contributed by atoms with van der Waals surface area (Å²) < 4.78 is 0. The van der Waals surface area contributed by atoms with Gasteiger partial charge in [-0.3, -0.25) is 9.88 Å². The highest BCUT2D eigenvalue weighted by atomic mass is 15.1. The fraction of sp³-hybridized carbons (Fsp3) is 0.250. The Bertz CT molecular complexity index is 572. The molecule has 1 aromatic carbocycles. The number of nitriles is 1. The maximum absolute atomic E-state index is 9.11. The van der Waals surface area contributed by atoms with Crippen molar-refractivity contribution in [1.29, 1.82) is 5.26 Å². The van der Waals surface area contributed by atoms with Gasteiger partial charge in [0.05, 0.1) is 11.6 Å². The van der Waals surface area contributed by atoms with Gasteiger partial charge in [0.2, 0.25) is 0 Å². The zero-order valence-electron chi connectivity index (χ0n) is 11.2. The van der Waals surface area contributed by atoms with Crippen molar-refractivity contribution in [2.45, 2.75) is 19.5 Å². The third-order valence-corrected chi connectivity index (χ3v) is 3.41. The third-order valence-electron chi connectivity index (χ3n) is 3.41. The van der Waals surface area contributed by atoms with Crippen molar-refractivity contribution in [3.63, 3.8) is 0 Å². The summed E-state index contributed by atoms with van der Waals surface area (Å²) in [7, 11) is 2.07. The molecule has 0 amide bonds. The molecule has 0 saturated carbocycles. The van der Waals surface area contributed by atoms with E-state index in [1.807, 2.05) is 48.8 Å². The van der Waals surface area contributed by atoms with Gasteiger partial charge in [-0.2, -0.15) is 5.26 Å². The molecule has 19 heavy (non-hydrogen) atoms. The van der Waals surface area contributed by atoms with Crippen molar-refractivity contribution < 1.29 is 0 Å². The fourth-order valence-electron chi connectivity index (χ4n) is 2.07. The summed E-state index contributed by atoms with van der Waals surface area (Å²) in [5, 5.41) is 9.11. The third kappa shape index (κ3) is 3.18. The molecule has 0 aliphatic heterocycles. The predicted octanol–water partition coefficient (Wildman–Crippen LogP) is 3.15. The molecule has 0 spiro atoms. The van der Waals surface area contributed by atoms with E-state index in [-0.39, 0.29) is 6.04 Å². The number of nitrogens with zero attached hydrogens (tertiary/aromatic N) is 3. The molecule has 1 atom stereocenters. The highest BCUT2D eigenvalue weighted by Crippen LogP contribution is 2.20. The molecule has 0 saturated heterocycles. The van der Waals surface area contributed by atoms with Gasteiger partial charge in [0.1, 0.15) is 0 Å². The Morgan fingerprint density at radius 3 is 2.58 bits per heavy atom. The number of rotatable bonds is 4. The van der Waals surface area contributed by atoms with E-state index in [4.69, 9.17) is 5.26 Å². The number of hydrogen-bond acceptors (Lipinski definition) is 3. The van der Waals surface area contributed by atoms with Gasteiger partial charge in [-0.25, -0.2) is 0 Å². The van der Waals surface area contributed by atoms with Crippen LogP contribution in [0.5, 0.6) is 0 Å². The van der Waals surface area contributed by atoms with E-state index in [0.717, 1.165) is 17.7 Å². The lowest BCUT2D eigenvalue weighted by molar-refractivity contribution is 0.253. The minimum Gasteiger partial charge on any atom is -0.295 e. The summed E-state index contributed by atoms with van der Waals surface area (Å²) in [6, 6.07) is 14.3. The molecule has 0 radical (unpaired) electrons. The van der Waals surface area contributed by atoms with E-state index < -0.39 is 0 Å². The maximum Gasteiger partial charge on any atom is 0.0995 e. The Balaban J connectivity index is 2.13. The Hall–Kier alpha value is -2.18. The predicted molar refractivity (Wildman–Crippen MR) is 75.3 cm³/mol. The van der Waals surface area contributed by atoms with Crippen molar-refractivity contribution in [2.75, 3.05) is 7.05 Å². The average molecular weight is 251 g/mol. The summed E-state index contributed by atoms with van der Waals surface area (Å²) in [6.07, 6.45) is 3.62. The first kappa shape index (κ1) is 13.3. The second kappa shape index (κ2) is 6.12. The van der Waals surface area contributed by atoms with Crippen molar-refractivity contribution in [3.05, 3.63) is 65.5 Å². The van der Waals surface area contributed by atoms with Gasteiger partial charge in [-0.15, -0.1) is 0 Å². The van der Waals surface area contributed by atoms with Crippen LogP contribution in [0.2, 0.25) is 0 Å². The molecule has 0 N–H and O–H groups in total. The van der Waals surface area contributed by atoms with Crippen LogP contribution >= 0.6 is 0 Å². The Kier molecular flexibility index (Phi) is 4.27. The summed E-state index contributed by atoms with van der Waals surface area (Å²) in [5.74, 6) is 0. The van der Waals surface area contributed by atoms with Crippen LogP contribution in [-0.4, -0.2) is 16.9 Å². The lowest BCUT2D eigenvalue weighted by Crippen LogP contribution is -2.22. The van der Waals surface area contributed by atoms with Crippen molar-refractivity contribution >= 4 is 0 Å². The summed E-state index contributed by atoms with van der Waals surface area (Å²) in [4.78, 5) is 6.26. The van der Waals surface area contributed by atoms with Gasteiger partial charge in [-0.1, -0.05) is 18.2 Å². The Labute approximate surface area is 114 Å².